The standard InChI is InChI=1S/C13H14FN3O2S/c1-9(12-5-3-10(14)7-15-12)17-11-4-6-13(16-8-11)20(2,18)19/h3-9,17H,1-2H3. The monoisotopic (exact) mass is 295 g/mol. The fourth-order valence-electron chi connectivity index (χ4n) is 1.65. The van der Waals surface area contributed by atoms with E-state index in [-0.39, 0.29) is 16.9 Å². The minimum absolute atomic E-state index is 0.0237. The molecule has 20 heavy (non-hydrogen) atoms. The minimum atomic E-state index is -3.30. The van der Waals surface area contributed by atoms with Gasteiger partial charge in [-0.1, -0.05) is 0 Å². The Bertz CT molecular complexity index is 685. The molecule has 0 fully saturated rings. The van der Waals surface area contributed by atoms with E-state index in [0.29, 0.717) is 11.4 Å². The summed E-state index contributed by atoms with van der Waals surface area (Å²) in [6.07, 6.45) is 3.70. The molecule has 106 valence electrons. The predicted octanol–water partition coefficient (Wildman–Crippen LogP) is 2.19. The summed E-state index contributed by atoms with van der Waals surface area (Å²) in [5.74, 6) is -0.389. The Balaban J connectivity index is 2.12. The molecule has 2 aromatic heterocycles. The normalized spacial score (nSPS) is 12.9. The van der Waals surface area contributed by atoms with Crippen LogP contribution in [0.5, 0.6) is 0 Å². The Kier molecular flexibility index (Phi) is 3.99. The van der Waals surface area contributed by atoms with E-state index in [0.717, 1.165) is 12.5 Å². The fraction of sp³-hybridized carbons (Fsp3) is 0.231. The lowest BCUT2D eigenvalue weighted by molar-refractivity contribution is 0.598. The van der Waals surface area contributed by atoms with Crippen molar-refractivity contribution in [1.82, 2.24) is 9.97 Å². The maximum absolute atomic E-state index is 12.8. The van der Waals surface area contributed by atoms with Crippen molar-refractivity contribution in [1.29, 1.82) is 0 Å². The van der Waals surface area contributed by atoms with E-state index in [4.69, 9.17) is 0 Å². The van der Waals surface area contributed by atoms with Gasteiger partial charge in [0, 0.05) is 6.26 Å². The number of nitrogens with zero attached hydrogens (tertiary/aromatic N) is 2. The van der Waals surface area contributed by atoms with Crippen molar-refractivity contribution in [2.24, 2.45) is 0 Å². The summed E-state index contributed by atoms with van der Waals surface area (Å²) in [4.78, 5) is 7.86. The molecule has 0 aromatic carbocycles. The lowest BCUT2D eigenvalue weighted by Gasteiger charge is -2.14. The number of nitrogens with one attached hydrogen (secondary N) is 1. The summed E-state index contributed by atoms with van der Waals surface area (Å²) >= 11 is 0. The first-order valence-electron chi connectivity index (χ1n) is 5.90. The molecule has 0 aliphatic rings. The fourth-order valence-corrected chi connectivity index (χ4v) is 2.21. The van der Waals surface area contributed by atoms with Crippen LogP contribution in [0.1, 0.15) is 18.7 Å². The molecule has 0 saturated carbocycles. The van der Waals surface area contributed by atoms with Gasteiger partial charge in [-0.05, 0) is 31.2 Å². The van der Waals surface area contributed by atoms with Crippen molar-refractivity contribution >= 4 is 15.5 Å². The summed E-state index contributed by atoms with van der Waals surface area (Å²) in [5.41, 5.74) is 1.34. The zero-order chi connectivity index (χ0) is 14.8. The van der Waals surface area contributed by atoms with Crippen molar-refractivity contribution in [2.45, 2.75) is 18.0 Å². The topological polar surface area (TPSA) is 72.0 Å². The summed E-state index contributed by atoms with van der Waals surface area (Å²) in [5, 5.41) is 3.14. The van der Waals surface area contributed by atoms with E-state index in [9.17, 15) is 12.8 Å². The summed E-state index contributed by atoms with van der Waals surface area (Å²) in [6.45, 7) is 1.87. The van der Waals surface area contributed by atoms with Crippen LogP contribution in [0.4, 0.5) is 10.1 Å². The number of pyridine rings is 2. The number of halogens is 1. The van der Waals surface area contributed by atoms with Gasteiger partial charge in [-0.25, -0.2) is 17.8 Å². The molecule has 0 spiro atoms. The van der Waals surface area contributed by atoms with Gasteiger partial charge in [0.2, 0.25) is 0 Å². The van der Waals surface area contributed by atoms with E-state index in [1.54, 1.807) is 12.1 Å². The third-order valence-electron chi connectivity index (χ3n) is 2.69. The highest BCUT2D eigenvalue weighted by Gasteiger charge is 2.10. The lowest BCUT2D eigenvalue weighted by atomic mass is 10.2. The molecule has 1 atom stereocenters. The molecule has 0 bridgehead atoms. The first-order valence-corrected chi connectivity index (χ1v) is 7.79. The third kappa shape index (κ3) is 3.51. The molecule has 0 aliphatic carbocycles. The third-order valence-corrected chi connectivity index (χ3v) is 3.69. The average molecular weight is 295 g/mol. The highest BCUT2D eigenvalue weighted by molar-refractivity contribution is 7.90. The predicted molar refractivity (Wildman–Crippen MR) is 73.6 cm³/mol. The van der Waals surface area contributed by atoms with Gasteiger partial charge in [0.1, 0.15) is 5.82 Å². The molecule has 7 heteroatoms. The molecular weight excluding hydrogens is 281 g/mol. The van der Waals surface area contributed by atoms with E-state index < -0.39 is 9.84 Å². The molecule has 1 unspecified atom stereocenters. The number of sulfone groups is 1. The minimum Gasteiger partial charge on any atom is -0.376 e. The van der Waals surface area contributed by atoms with Gasteiger partial charge in [0.15, 0.2) is 14.9 Å². The van der Waals surface area contributed by atoms with Gasteiger partial charge in [0.25, 0.3) is 0 Å². The van der Waals surface area contributed by atoms with Crippen LogP contribution in [0.2, 0.25) is 0 Å². The maximum atomic E-state index is 12.8. The molecule has 0 aliphatic heterocycles. The SMILES string of the molecule is CC(Nc1ccc(S(C)(=O)=O)nc1)c1ccc(F)cn1. The molecule has 0 amide bonds. The van der Waals surface area contributed by atoms with Crippen LogP contribution in [0.3, 0.4) is 0 Å². The number of anilines is 1. The van der Waals surface area contributed by atoms with Crippen LogP contribution in [-0.2, 0) is 9.84 Å². The Morgan fingerprint density at radius 2 is 1.90 bits per heavy atom. The Morgan fingerprint density at radius 1 is 1.15 bits per heavy atom. The smallest absolute Gasteiger partial charge is 0.192 e. The Morgan fingerprint density at radius 3 is 2.40 bits per heavy atom. The Hall–Kier alpha value is -2.02. The van der Waals surface area contributed by atoms with Crippen LogP contribution in [0.15, 0.2) is 41.7 Å². The molecule has 5 nitrogen and oxygen atoms in total. The molecular formula is C13H14FN3O2S. The zero-order valence-electron chi connectivity index (χ0n) is 11.0. The van der Waals surface area contributed by atoms with Crippen molar-refractivity contribution in [3.63, 3.8) is 0 Å². The largest absolute Gasteiger partial charge is 0.376 e. The zero-order valence-corrected chi connectivity index (χ0v) is 11.9. The summed E-state index contributed by atoms with van der Waals surface area (Å²) in [7, 11) is -3.30. The van der Waals surface area contributed by atoms with Gasteiger partial charge >= 0.3 is 0 Å². The second-order valence-corrected chi connectivity index (χ2v) is 6.39. The number of hydrogen-bond acceptors (Lipinski definition) is 5. The molecule has 1 N–H and O–H groups in total. The van der Waals surface area contributed by atoms with Crippen molar-refractivity contribution in [3.8, 4) is 0 Å². The van der Waals surface area contributed by atoms with Crippen molar-refractivity contribution in [3.05, 3.63) is 48.2 Å². The second kappa shape index (κ2) is 5.54. The van der Waals surface area contributed by atoms with E-state index in [1.807, 2.05) is 6.92 Å². The van der Waals surface area contributed by atoms with Gasteiger partial charge in [-0.2, -0.15) is 0 Å². The molecule has 0 radical (unpaired) electrons. The Labute approximate surface area is 116 Å². The van der Waals surface area contributed by atoms with Crippen LogP contribution in [0.25, 0.3) is 0 Å². The highest BCUT2D eigenvalue weighted by Crippen LogP contribution is 2.18. The van der Waals surface area contributed by atoms with Gasteiger partial charge in [-0.15, -0.1) is 0 Å². The highest BCUT2D eigenvalue weighted by atomic mass is 32.2. The van der Waals surface area contributed by atoms with Crippen LogP contribution >= 0.6 is 0 Å². The van der Waals surface area contributed by atoms with Crippen LogP contribution in [-0.4, -0.2) is 24.6 Å². The number of rotatable bonds is 4. The molecule has 2 aromatic rings. The summed E-state index contributed by atoms with van der Waals surface area (Å²) in [6, 6.07) is 5.84. The summed E-state index contributed by atoms with van der Waals surface area (Å²) < 4.78 is 35.4. The first kappa shape index (κ1) is 14.4. The van der Waals surface area contributed by atoms with Crippen molar-refractivity contribution < 1.29 is 12.8 Å². The van der Waals surface area contributed by atoms with E-state index in [1.165, 1.54) is 18.3 Å². The van der Waals surface area contributed by atoms with Gasteiger partial charge < -0.3 is 5.32 Å². The van der Waals surface area contributed by atoms with Gasteiger partial charge in [0.05, 0.1) is 29.8 Å². The van der Waals surface area contributed by atoms with Crippen LogP contribution < -0.4 is 5.32 Å². The van der Waals surface area contributed by atoms with E-state index in [2.05, 4.69) is 15.3 Å². The number of hydrogen-bond donors (Lipinski definition) is 1. The molecule has 2 heterocycles. The first-order chi connectivity index (χ1) is 9.36. The second-order valence-electron chi connectivity index (χ2n) is 4.42. The average Bonchev–Trinajstić information content (AvgIpc) is 2.39. The maximum Gasteiger partial charge on any atom is 0.192 e. The lowest BCUT2D eigenvalue weighted by Crippen LogP contribution is -2.09. The van der Waals surface area contributed by atoms with Gasteiger partial charge in [-0.3, -0.25) is 4.98 Å². The molecule has 0 saturated heterocycles. The van der Waals surface area contributed by atoms with Crippen LogP contribution in [0, 0.1) is 5.82 Å². The molecule has 2 rings (SSSR count). The van der Waals surface area contributed by atoms with E-state index >= 15 is 0 Å². The van der Waals surface area contributed by atoms with Crippen molar-refractivity contribution in [2.75, 3.05) is 11.6 Å². The quantitative estimate of drug-likeness (QED) is 0.936. The number of aromatic nitrogens is 2.